The molecule has 1 heteroatoms. The van der Waals surface area contributed by atoms with Crippen molar-refractivity contribution in [1.82, 2.24) is 4.90 Å². The number of rotatable bonds is 11. The van der Waals surface area contributed by atoms with Crippen LogP contribution in [0.3, 0.4) is 0 Å². The molecule has 0 heterocycles. The van der Waals surface area contributed by atoms with Gasteiger partial charge in [0.05, 0.1) is 6.54 Å². The van der Waals surface area contributed by atoms with E-state index in [1.807, 2.05) is 0 Å². The largest absolute Gasteiger partial charge is 0.293 e. The molecule has 0 rings (SSSR count). The van der Waals surface area contributed by atoms with Gasteiger partial charge in [-0.3, -0.25) is 4.90 Å². The van der Waals surface area contributed by atoms with E-state index >= 15 is 0 Å². The van der Waals surface area contributed by atoms with Gasteiger partial charge in [0.2, 0.25) is 0 Å². The summed E-state index contributed by atoms with van der Waals surface area (Å²) >= 11 is 0. The minimum absolute atomic E-state index is 0.631. The first kappa shape index (κ1) is 16.5. The second-order valence-electron chi connectivity index (χ2n) is 5.23. The van der Waals surface area contributed by atoms with Crippen molar-refractivity contribution in [3.05, 3.63) is 0 Å². The lowest BCUT2D eigenvalue weighted by Crippen LogP contribution is -2.29. The Balaban J connectivity index is 3.25. The maximum atomic E-state index is 5.31. The zero-order chi connectivity index (χ0) is 12.9. The van der Waals surface area contributed by atoms with Crippen molar-refractivity contribution in [1.29, 1.82) is 0 Å². The zero-order valence-electron chi connectivity index (χ0n) is 12.2. The first-order valence-electron chi connectivity index (χ1n) is 7.36. The molecule has 0 bridgehead atoms. The molecule has 0 aliphatic carbocycles. The summed E-state index contributed by atoms with van der Waals surface area (Å²) in [5, 5.41) is 0. The van der Waals surface area contributed by atoms with Crippen molar-refractivity contribution in [2.24, 2.45) is 0 Å². The van der Waals surface area contributed by atoms with Crippen molar-refractivity contribution >= 4 is 0 Å². The van der Waals surface area contributed by atoms with Gasteiger partial charge in [-0.1, -0.05) is 64.2 Å². The van der Waals surface area contributed by atoms with E-state index in [-0.39, 0.29) is 0 Å². The predicted octanol–water partition coefficient (Wildman–Crippen LogP) is 4.47. The Kier molecular flexibility index (Phi) is 11.7. The Hall–Kier alpha value is -0.480. The van der Waals surface area contributed by atoms with Gasteiger partial charge in [-0.2, -0.15) is 0 Å². The molecule has 0 aromatic rings. The number of unbranched alkanes of at least 4 members (excludes halogenated alkanes) is 7. The molecule has 0 saturated heterocycles. The van der Waals surface area contributed by atoms with Crippen LogP contribution < -0.4 is 0 Å². The van der Waals surface area contributed by atoms with Gasteiger partial charge in [-0.15, -0.1) is 6.42 Å². The summed E-state index contributed by atoms with van der Waals surface area (Å²) in [6.45, 7) is 5.32. The molecule has 0 aromatic carbocycles. The van der Waals surface area contributed by atoms with E-state index in [0.29, 0.717) is 6.04 Å². The van der Waals surface area contributed by atoms with Gasteiger partial charge in [-0.25, -0.2) is 0 Å². The molecule has 0 N–H and O–H groups in total. The van der Waals surface area contributed by atoms with Crippen LogP contribution in [0.2, 0.25) is 0 Å². The lowest BCUT2D eigenvalue weighted by Gasteiger charge is -2.22. The Bertz CT molecular complexity index is 192. The first-order chi connectivity index (χ1) is 8.22. The molecule has 1 nitrogen and oxygen atoms in total. The second kappa shape index (κ2) is 12.0. The van der Waals surface area contributed by atoms with Gasteiger partial charge < -0.3 is 0 Å². The minimum Gasteiger partial charge on any atom is -0.293 e. The summed E-state index contributed by atoms with van der Waals surface area (Å²) < 4.78 is 0. The van der Waals surface area contributed by atoms with Gasteiger partial charge >= 0.3 is 0 Å². The standard InChI is InChI=1S/C16H31N/c1-5-7-8-9-10-11-12-13-14-16(3)17(4)15-6-2/h2,16H,5,7-15H2,1,3-4H3/t16-/m0/s1. The van der Waals surface area contributed by atoms with E-state index in [1.165, 1.54) is 57.8 Å². The highest BCUT2D eigenvalue weighted by Crippen LogP contribution is 2.12. The number of terminal acetylenes is 1. The monoisotopic (exact) mass is 237 g/mol. The lowest BCUT2D eigenvalue weighted by molar-refractivity contribution is 0.268. The Morgan fingerprint density at radius 1 is 1.00 bits per heavy atom. The molecule has 0 spiro atoms. The Morgan fingerprint density at radius 3 is 2.06 bits per heavy atom. The fraction of sp³-hybridized carbons (Fsp3) is 0.875. The molecule has 0 saturated carbocycles. The molecule has 0 fully saturated rings. The highest BCUT2D eigenvalue weighted by Gasteiger charge is 2.06. The van der Waals surface area contributed by atoms with Crippen LogP contribution in [0, 0.1) is 12.3 Å². The molecule has 0 radical (unpaired) electrons. The Labute approximate surface area is 109 Å². The van der Waals surface area contributed by atoms with Crippen molar-refractivity contribution in [2.45, 2.75) is 77.7 Å². The third-order valence-electron chi connectivity index (χ3n) is 3.57. The smallest absolute Gasteiger partial charge is 0.0598 e. The average Bonchev–Trinajstić information content (AvgIpc) is 2.32. The highest BCUT2D eigenvalue weighted by atomic mass is 15.1. The summed E-state index contributed by atoms with van der Waals surface area (Å²) in [7, 11) is 2.12. The topological polar surface area (TPSA) is 3.24 Å². The van der Waals surface area contributed by atoms with Crippen molar-refractivity contribution in [2.75, 3.05) is 13.6 Å². The second-order valence-corrected chi connectivity index (χ2v) is 5.23. The third kappa shape index (κ3) is 10.4. The van der Waals surface area contributed by atoms with Crippen LogP contribution in [0.1, 0.15) is 71.6 Å². The summed E-state index contributed by atoms with van der Waals surface area (Å²) in [4.78, 5) is 2.27. The fourth-order valence-corrected chi connectivity index (χ4v) is 2.09. The number of nitrogens with zero attached hydrogens (tertiary/aromatic N) is 1. The fourth-order valence-electron chi connectivity index (χ4n) is 2.09. The third-order valence-corrected chi connectivity index (χ3v) is 3.57. The molecule has 1 atom stereocenters. The van der Waals surface area contributed by atoms with Gasteiger partial charge in [0.1, 0.15) is 0 Å². The lowest BCUT2D eigenvalue weighted by atomic mass is 10.0. The van der Waals surface area contributed by atoms with Crippen LogP contribution in [-0.2, 0) is 0 Å². The molecule has 0 unspecified atom stereocenters. The van der Waals surface area contributed by atoms with Crippen molar-refractivity contribution in [3.63, 3.8) is 0 Å². The normalized spacial score (nSPS) is 12.6. The van der Waals surface area contributed by atoms with Gasteiger partial charge in [0, 0.05) is 6.04 Å². The highest BCUT2D eigenvalue weighted by molar-refractivity contribution is 4.88. The molecule has 0 aliphatic heterocycles. The molecule has 0 amide bonds. The molecule has 100 valence electrons. The van der Waals surface area contributed by atoms with Crippen LogP contribution in [0.25, 0.3) is 0 Å². The SMILES string of the molecule is C#CCN(C)[C@@H](C)CCCCCCCCCC. The number of hydrogen-bond donors (Lipinski definition) is 0. The predicted molar refractivity (Wildman–Crippen MR) is 78.2 cm³/mol. The van der Waals surface area contributed by atoms with Gasteiger partial charge in [0.15, 0.2) is 0 Å². The maximum absolute atomic E-state index is 5.31. The molecular formula is C16H31N. The van der Waals surface area contributed by atoms with E-state index in [2.05, 4.69) is 31.7 Å². The van der Waals surface area contributed by atoms with E-state index in [9.17, 15) is 0 Å². The first-order valence-corrected chi connectivity index (χ1v) is 7.36. The molecular weight excluding hydrogens is 206 g/mol. The van der Waals surface area contributed by atoms with Crippen molar-refractivity contribution in [3.8, 4) is 12.3 Å². The van der Waals surface area contributed by atoms with E-state index in [0.717, 1.165) is 6.54 Å². The van der Waals surface area contributed by atoms with Crippen LogP contribution >= 0.6 is 0 Å². The van der Waals surface area contributed by atoms with Gasteiger partial charge in [-0.05, 0) is 20.4 Å². The zero-order valence-corrected chi connectivity index (χ0v) is 12.2. The van der Waals surface area contributed by atoms with Crippen LogP contribution in [0.4, 0.5) is 0 Å². The summed E-state index contributed by atoms with van der Waals surface area (Å²) in [6.07, 6.45) is 17.8. The van der Waals surface area contributed by atoms with Crippen LogP contribution in [-0.4, -0.2) is 24.5 Å². The summed E-state index contributed by atoms with van der Waals surface area (Å²) in [5.74, 6) is 2.70. The van der Waals surface area contributed by atoms with Crippen LogP contribution in [0.5, 0.6) is 0 Å². The molecule has 0 aromatic heterocycles. The summed E-state index contributed by atoms with van der Waals surface area (Å²) in [6, 6.07) is 0.631. The minimum atomic E-state index is 0.631. The van der Waals surface area contributed by atoms with Crippen LogP contribution in [0.15, 0.2) is 0 Å². The van der Waals surface area contributed by atoms with Gasteiger partial charge in [0.25, 0.3) is 0 Å². The van der Waals surface area contributed by atoms with E-state index < -0.39 is 0 Å². The van der Waals surface area contributed by atoms with E-state index in [4.69, 9.17) is 6.42 Å². The number of hydrogen-bond acceptors (Lipinski definition) is 1. The average molecular weight is 237 g/mol. The quantitative estimate of drug-likeness (QED) is 0.378. The van der Waals surface area contributed by atoms with Crippen molar-refractivity contribution < 1.29 is 0 Å². The molecule has 0 aliphatic rings. The Morgan fingerprint density at radius 2 is 1.53 bits per heavy atom. The maximum Gasteiger partial charge on any atom is 0.0598 e. The summed E-state index contributed by atoms with van der Waals surface area (Å²) in [5.41, 5.74) is 0. The molecule has 17 heavy (non-hydrogen) atoms. The van der Waals surface area contributed by atoms with E-state index in [1.54, 1.807) is 0 Å².